The third-order valence-electron chi connectivity index (χ3n) is 2.38. The van der Waals surface area contributed by atoms with Crippen LogP contribution in [0.1, 0.15) is 29.7 Å². The fraction of sp³-hybridized carbons (Fsp3) is 0.636. The molecule has 0 bridgehead atoms. The molecule has 5 heteroatoms. The third kappa shape index (κ3) is 3.90. The zero-order valence-electron chi connectivity index (χ0n) is 9.82. The first-order chi connectivity index (χ1) is 7.67. The molecule has 0 aromatic carbocycles. The van der Waals surface area contributed by atoms with Gasteiger partial charge in [-0.1, -0.05) is 13.3 Å². The molecule has 1 unspecified atom stereocenters. The van der Waals surface area contributed by atoms with Gasteiger partial charge in [0.05, 0.1) is 12.5 Å². The van der Waals surface area contributed by atoms with Crippen molar-refractivity contribution in [2.45, 2.75) is 33.2 Å². The van der Waals surface area contributed by atoms with E-state index in [1.165, 1.54) is 0 Å². The van der Waals surface area contributed by atoms with Gasteiger partial charge >= 0.3 is 0 Å². The fourth-order valence-electron chi connectivity index (χ4n) is 1.49. The lowest BCUT2D eigenvalue weighted by molar-refractivity contribution is -0.125. The topological polar surface area (TPSA) is 68.0 Å². The Morgan fingerprint density at radius 3 is 2.94 bits per heavy atom. The summed E-state index contributed by atoms with van der Waals surface area (Å²) in [5.41, 5.74) is 5.56. The Morgan fingerprint density at radius 2 is 2.44 bits per heavy atom. The standard InChI is InChI=1S/C11H19N3OS/c1-3-4-9(5-12)11(15)14-7-10-13-6-8(2)16-10/h6,9H,3-5,7,12H2,1-2H3,(H,14,15). The van der Waals surface area contributed by atoms with Crippen LogP contribution in [0.15, 0.2) is 6.20 Å². The quantitative estimate of drug-likeness (QED) is 0.792. The summed E-state index contributed by atoms with van der Waals surface area (Å²) >= 11 is 1.61. The number of nitrogens with one attached hydrogen (secondary N) is 1. The summed E-state index contributed by atoms with van der Waals surface area (Å²) < 4.78 is 0. The molecule has 1 rings (SSSR count). The van der Waals surface area contributed by atoms with Gasteiger partial charge in [0.2, 0.25) is 5.91 Å². The second kappa shape index (κ2) is 6.60. The average molecular weight is 241 g/mol. The number of thiazole rings is 1. The predicted molar refractivity (Wildman–Crippen MR) is 66.2 cm³/mol. The zero-order chi connectivity index (χ0) is 12.0. The van der Waals surface area contributed by atoms with Crippen LogP contribution in [0.25, 0.3) is 0 Å². The summed E-state index contributed by atoms with van der Waals surface area (Å²) in [4.78, 5) is 17.1. The number of hydrogen-bond acceptors (Lipinski definition) is 4. The van der Waals surface area contributed by atoms with E-state index in [0.29, 0.717) is 13.1 Å². The van der Waals surface area contributed by atoms with Crippen molar-refractivity contribution in [1.29, 1.82) is 0 Å². The molecule has 0 fully saturated rings. The maximum absolute atomic E-state index is 11.7. The lowest BCUT2D eigenvalue weighted by Gasteiger charge is -2.12. The molecule has 90 valence electrons. The number of hydrogen-bond donors (Lipinski definition) is 2. The van der Waals surface area contributed by atoms with E-state index in [4.69, 9.17) is 5.73 Å². The molecule has 0 radical (unpaired) electrons. The van der Waals surface area contributed by atoms with Crippen LogP contribution in [0.4, 0.5) is 0 Å². The Morgan fingerprint density at radius 1 is 1.69 bits per heavy atom. The first kappa shape index (κ1) is 13.1. The molecule has 0 saturated carbocycles. The average Bonchev–Trinajstić information content (AvgIpc) is 2.68. The molecule has 0 aliphatic carbocycles. The van der Waals surface area contributed by atoms with Gasteiger partial charge in [-0.2, -0.15) is 0 Å². The number of amides is 1. The van der Waals surface area contributed by atoms with Crippen LogP contribution < -0.4 is 11.1 Å². The van der Waals surface area contributed by atoms with E-state index < -0.39 is 0 Å². The number of nitrogens with zero attached hydrogens (tertiary/aromatic N) is 1. The smallest absolute Gasteiger partial charge is 0.224 e. The Bertz CT molecular complexity index is 338. The van der Waals surface area contributed by atoms with Crippen molar-refractivity contribution in [3.05, 3.63) is 16.1 Å². The molecule has 0 spiro atoms. The van der Waals surface area contributed by atoms with Gasteiger partial charge in [-0.05, 0) is 13.3 Å². The molecule has 1 aromatic rings. The summed E-state index contributed by atoms with van der Waals surface area (Å²) in [7, 11) is 0. The van der Waals surface area contributed by atoms with Crippen molar-refractivity contribution in [2.75, 3.05) is 6.54 Å². The highest BCUT2D eigenvalue weighted by molar-refractivity contribution is 7.11. The van der Waals surface area contributed by atoms with Gasteiger partial charge in [-0.3, -0.25) is 4.79 Å². The minimum absolute atomic E-state index is 0.0391. The Balaban J connectivity index is 2.39. The first-order valence-corrected chi connectivity index (χ1v) is 6.38. The van der Waals surface area contributed by atoms with Gasteiger partial charge < -0.3 is 11.1 Å². The normalized spacial score (nSPS) is 12.4. The minimum Gasteiger partial charge on any atom is -0.349 e. The molecule has 16 heavy (non-hydrogen) atoms. The third-order valence-corrected chi connectivity index (χ3v) is 3.29. The van der Waals surface area contributed by atoms with E-state index in [9.17, 15) is 4.79 Å². The van der Waals surface area contributed by atoms with E-state index >= 15 is 0 Å². The van der Waals surface area contributed by atoms with Crippen LogP contribution in [0.3, 0.4) is 0 Å². The Labute approximate surface area is 100 Å². The number of carbonyl (C=O) groups is 1. The molecule has 3 N–H and O–H groups in total. The van der Waals surface area contributed by atoms with E-state index in [1.54, 1.807) is 11.3 Å². The van der Waals surface area contributed by atoms with Crippen molar-refractivity contribution in [1.82, 2.24) is 10.3 Å². The largest absolute Gasteiger partial charge is 0.349 e. The molecule has 0 aliphatic heterocycles. The van der Waals surface area contributed by atoms with E-state index in [2.05, 4.69) is 17.2 Å². The van der Waals surface area contributed by atoms with Crippen LogP contribution in [0.5, 0.6) is 0 Å². The number of aromatic nitrogens is 1. The highest BCUT2D eigenvalue weighted by atomic mass is 32.1. The van der Waals surface area contributed by atoms with E-state index in [-0.39, 0.29) is 11.8 Å². The van der Waals surface area contributed by atoms with Crippen LogP contribution >= 0.6 is 11.3 Å². The van der Waals surface area contributed by atoms with Crippen molar-refractivity contribution in [2.24, 2.45) is 11.7 Å². The van der Waals surface area contributed by atoms with Gasteiger partial charge in [-0.25, -0.2) is 4.98 Å². The van der Waals surface area contributed by atoms with Crippen LogP contribution in [0, 0.1) is 12.8 Å². The second-order valence-corrected chi connectivity index (χ2v) is 5.12. The molecular formula is C11H19N3OS. The summed E-state index contributed by atoms with van der Waals surface area (Å²) in [6, 6.07) is 0. The highest BCUT2D eigenvalue weighted by Crippen LogP contribution is 2.11. The summed E-state index contributed by atoms with van der Waals surface area (Å²) in [5, 5.41) is 3.82. The number of carbonyl (C=O) groups excluding carboxylic acids is 1. The van der Waals surface area contributed by atoms with Crippen molar-refractivity contribution in [3.63, 3.8) is 0 Å². The predicted octanol–water partition coefficient (Wildman–Crippen LogP) is 1.44. The van der Waals surface area contributed by atoms with Gasteiger partial charge in [0, 0.05) is 17.6 Å². The highest BCUT2D eigenvalue weighted by Gasteiger charge is 2.15. The van der Waals surface area contributed by atoms with Crippen molar-refractivity contribution >= 4 is 17.2 Å². The summed E-state index contributed by atoms with van der Waals surface area (Å²) in [6.07, 6.45) is 3.64. The van der Waals surface area contributed by atoms with Gasteiger partial charge in [-0.15, -0.1) is 11.3 Å². The maximum atomic E-state index is 11.7. The monoisotopic (exact) mass is 241 g/mol. The molecule has 1 aromatic heterocycles. The minimum atomic E-state index is -0.0638. The summed E-state index contributed by atoms with van der Waals surface area (Å²) in [6.45, 7) is 4.98. The van der Waals surface area contributed by atoms with Gasteiger partial charge in [0.25, 0.3) is 0 Å². The maximum Gasteiger partial charge on any atom is 0.224 e. The van der Waals surface area contributed by atoms with Crippen LogP contribution in [0.2, 0.25) is 0 Å². The fourth-order valence-corrected chi connectivity index (χ4v) is 2.22. The summed E-state index contributed by atoms with van der Waals surface area (Å²) in [5.74, 6) is -0.0248. The lowest BCUT2D eigenvalue weighted by atomic mass is 10.0. The van der Waals surface area contributed by atoms with Crippen LogP contribution in [-0.2, 0) is 11.3 Å². The van der Waals surface area contributed by atoms with Gasteiger partial charge in [0.15, 0.2) is 0 Å². The van der Waals surface area contributed by atoms with Crippen molar-refractivity contribution < 1.29 is 4.79 Å². The SMILES string of the molecule is CCCC(CN)C(=O)NCc1ncc(C)s1. The molecular weight excluding hydrogens is 222 g/mol. The van der Waals surface area contributed by atoms with E-state index in [0.717, 1.165) is 22.7 Å². The molecule has 1 atom stereocenters. The molecule has 1 amide bonds. The Hall–Kier alpha value is -0.940. The second-order valence-electron chi connectivity index (χ2n) is 3.80. The van der Waals surface area contributed by atoms with Crippen molar-refractivity contribution in [3.8, 4) is 0 Å². The number of rotatable bonds is 6. The Kier molecular flexibility index (Phi) is 5.42. The molecule has 0 aliphatic rings. The lowest BCUT2D eigenvalue weighted by Crippen LogP contribution is -2.34. The van der Waals surface area contributed by atoms with E-state index in [1.807, 2.05) is 13.1 Å². The number of aryl methyl sites for hydroxylation is 1. The molecule has 4 nitrogen and oxygen atoms in total. The van der Waals surface area contributed by atoms with Gasteiger partial charge in [0.1, 0.15) is 5.01 Å². The zero-order valence-corrected chi connectivity index (χ0v) is 10.6. The molecule has 1 heterocycles. The van der Waals surface area contributed by atoms with Crippen LogP contribution in [-0.4, -0.2) is 17.4 Å². The molecule has 0 saturated heterocycles. The number of nitrogens with two attached hydrogens (primary N) is 1. The first-order valence-electron chi connectivity index (χ1n) is 5.56.